The number of ether oxygens (including phenoxy) is 4. The lowest BCUT2D eigenvalue weighted by Crippen LogP contribution is -2.55. The third-order valence-electron chi connectivity index (χ3n) is 6.86. The number of methoxy groups -OCH3 is 3. The van der Waals surface area contributed by atoms with Gasteiger partial charge >= 0.3 is 0 Å². The number of hydrogen-bond acceptors (Lipinski definition) is 9. The van der Waals surface area contributed by atoms with Gasteiger partial charge in [-0.25, -0.2) is 4.98 Å². The number of benzene rings is 2. The van der Waals surface area contributed by atoms with Gasteiger partial charge in [0, 0.05) is 30.9 Å². The summed E-state index contributed by atoms with van der Waals surface area (Å²) in [5.41, 5.74) is -0.0872. The molecule has 1 aromatic heterocycles. The Bertz CT molecular complexity index is 1420. The van der Waals surface area contributed by atoms with Crippen molar-refractivity contribution in [3.05, 3.63) is 76.0 Å². The maximum atomic E-state index is 13.8. The average molecular weight is 539 g/mol. The van der Waals surface area contributed by atoms with Crippen molar-refractivity contribution in [2.24, 2.45) is 5.92 Å². The summed E-state index contributed by atoms with van der Waals surface area (Å²) >= 11 is 6.48. The van der Waals surface area contributed by atoms with Gasteiger partial charge in [-0.1, -0.05) is 48.9 Å². The second-order valence-corrected chi connectivity index (χ2v) is 9.54. The molecule has 10 nitrogen and oxygen atoms in total. The van der Waals surface area contributed by atoms with Gasteiger partial charge in [-0.3, -0.25) is 14.7 Å². The zero-order chi connectivity index (χ0) is 27.0. The first-order valence-corrected chi connectivity index (χ1v) is 12.4. The van der Waals surface area contributed by atoms with Crippen LogP contribution < -0.4 is 19.5 Å². The summed E-state index contributed by atoms with van der Waals surface area (Å²) in [6.07, 6.45) is 1.77. The largest absolute Gasteiger partial charge is 0.496 e. The van der Waals surface area contributed by atoms with Crippen LogP contribution in [0.5, 0.6) is 17.2 Å². The Morgan fingerprint density at radius 2 is 1.92 bits per heavy atom. The molecule has 0 saturated heterocycles. The first-order valence-electron chi connectivity index (χ1n) is 12.0. The Hall–Kier alpha value is -3.89. The Morgan fingerprint density at radius 1 is 1.18 bits per heavy atom. The van der Waals surface area contributed by atoms with Crippen molar-refractivity contribution in [2.75, 3.05) is 21.3 Å². The SMILES string of the molecule is COCc1nc([C@@H](NC2=CC(=O)[C@@]3(Oc4c(Cl)c(OC)cc(OC)c4C3=O)[C@H](C)C2)c2ccccc2)n[nH]1. The van der Waals surface area contributed by atoms with Crippen molar-refractivity contribution in [1.29, 1.82) is 0 Å². The summed E-state index contributed by atoms with van der Waals surface area (Å²) in [6.45, 7) is 2.08. The molecule has 0 amide bonds. The minimum atomic E-state index is -1.75. The van der Waals surface area contributed by atoms with Gasteiger partial charge in [-0.15, -0.1) is 0 Å². The van der Waals surface area contributed by atoms with Gasteiger partial charge in [-0.2, -0.15) is 5.10 Å². The molecule has 198 valence electrons. The molecule has 0 saturated carbocycles. The summed E-state index contributed by atoms with van der Waals surface area (Å²) in [6, 6.07) is 10.7. The smallest absolute Gasteiger partial charge is 0.236 e. The fraction of sp³-hybridized carbons (Fsp3) is 0.333. The Labute approximate surface area is 224 Å². The molecule has 0 unspecified atom stereocenters. The summed E-state index contributed by atoms with van der Waals surface area (Å²) in [4.78, 5) is 32.0. The number of halogens is 1. The lowest BCUT2D eigenvalue weighted by Gasteiger charge is -2.36. The second kappa shape index (κ2) is 10.1. The Morgan fingerprint density at radius 3 is 2.58 bits per heavy atom. The van der Waals surface area contributed by atoms with Crippen LogP contribution >= 0.6 is 11.6 Å². The minimum absolute atomic E-state index is 0.0893. The summed E-state index contributed by atoms with van der Waals surface area (Å²) in [5, 5.41) is 10.8. The van der Waals surface area contributed by atoms with Crippen molar-refractivity contribution in [2.45, 2.75) is 31.6 Å². The topological polar surface area (TPSA) is 125 Å². The lowest BCUT2D eigenvalue weighted by atomic mass is 9.74. The van der Waals surface area contributed by atoms with E-state index in [1.54, 1.807) is 14.0 Å². The molecule has 2 heterocycles. The van der Waals surface area contributed by atoms with Crippen LogP contribution in [0.25, 0.3) is 0 Å². The van der Waals surface area contributed by atoms with Crippen LogP contribution in [0.4, 0.5) is 0 Å². The molecule has 2 aliphatic rings. The molecule has 0 bridgehead atoms. The molecule has 0 radical (unpaired) electrons. The normalized spacial score (nSPS) is 21.1. The third kappa shape index (κ3) is 4.10. The fourth-order valence-corrected chi connectivity index (χ4v) is 5.26. The first-order chi connectivity index (χ1) is 18.3. The average Bonchev–Trinajstić information content (AvgIpc) is 3.51. The molecule has 0 fully saturated rings. The van der Waals surface area contributed by atoms with Crippen molar-refractivity contribution in [3.8, 4) is 17.2 Å². The zero-order valence-electron chi connectivity index (χ0n) is 21.3. The van der Waals surface area contributed by atoms with Crippen molar-refractivity contribution < 1.29 is 28.5 Å². The number of Topliss-reactive ketones (excluding diaryl/α,β-unsaturated/α-hetero) is 1. The first kappa shape index (κ1) is 25.7. The van der Waals surface area contributed by atoms with E-state index in [4.69, 9.17) is 30.5 Å². The molecule has 1 spiro atoms. The number of hydrogen-bond donors (Lipinski definition) is 2. The zero-order valence-corrected chi connectivity index (χ0v) is 22.1. The number of ketones is 2. The molecule has 2 aromatic carbocycles. The van der Waals surface area contributed by atoms with Crippen LogP contribution in [0.2, 0.25) is 5.02 Å². The third-order valence-corrected chi connectivity index (χ3v) is 7.22. The van der Waals surface area contributed by atoms with E-state index in [9.17, 15) is 9.59 Å². The highest BCUT2D eigenvalue weighted by molar-refractivity contribution is 6.36. The Kier molecular flexibility index (Phi) is 6.85. The minimum Gasteiger partial charge on any atom is -0.496 e. The van der Waals surface area contributed by atoms with Crippen LogP contribution in [0, 0.1) is 5.92 Å². The predicted molar refractivity (Wildman–Crippen MR) is 138 cm³/mol. The van der Waals surface area contributed by atoms with Crippen LogP contribution in [0.3, 0.4) is 0 Å². The molecule has 11 heteroatoms. The maximum absolute atomic E-state index is 13.8. The molecule has 38 heavy (non-hydrogen) atoms. The van der Waals surface area contributed by atoms with Gasteiger partial charge in [-0.05, 0) is 12.0 Å². The van der Waals surface area contributed by atoms with Gasteiger partial charge < -0.3 is 24.3 Å². The number of carbonyl (C=O) groups is 2. The molecule has 3 aromatic rings. The quantitative estimate of drug-likeness (QED) is 0.412. The summed E-state index contributed by atoms with van der Waals surface area (Å²) < 4.78 is 22.0. The number of allylic oxidation sites excluding steroid dienone is 1. The van der Waals surface area contributed by atoms with Crippen LogP contribution in [0.15, 0.2) is 48.2 Å². The van der Waals surface area contributed by atoms with Crippen LogP contribution in [-0.4, -0.2) is 53.7 Å². The van der Waals surface area contributed by atoms with E-state index in [0.717, 1.165) is 5.56 Å². The molecule has 5 rings (SSSR count). The Balaban J connectivity index is 1.49. The molecule has 2 N–H and O–H groups in total. The van der Waals surface area contributed by atoms with Gasteiger partial charge in [0.05, 0.1) is 14.2 Å². The maximum Gasteiger partial charge on any atom is 0.236 e. The van der Waals surface area contributed by atoms with E-state index in [0.29, 0.717) is 23.8 Å². The lowest BCUT2D eigenvalue weighted by molar-refractivity contribution is -0.129. The standard InChI is InChI=1S/C27H27ClN4O6/c1-14-10-16(29-23(15-8-6-5-7-9-15)26-30-20(13-35-2)31-32-26)11-19(33)27(14)25(34)21-17(36-3)12-18(37-4)22(28)24(21)38-27/h5-9,11-12,14,23,29H,10,13H2,1-4H3,(H,30,31,32)/t14-,23+,27+/m1/s1. The number of H-pyrrole nitrogens is 1. The second-order valence-electron chi connectivity index (χ2n) is 9.17. The molecular weight excluding hydrogens is 512 g/mol. The van der Waals surface area contributed by atoms with E-state index in [1.807, 2.05) is 30.3 Å². The summed E-state index contributed by atoms with van der Waals surface area (Å²) in [5.74, 6) is 0.179. The highest BCUT2D eigenvalue weighted by Gasteiger charge is 2.60. The highest BCUT2D eigenvalue weighted by Crippen LogP contribution is 2.53. The number of nitrogens with one attached hydrogen (secondary N) is 2. The van der Waals surface area contributed by atoms with Crippen molar-refractivity contribution in [3.63, 3.8) is 0 Å². The number of rotatable bonds is 8. The van der Waals surface area contributed by atoms with Gasteiger partial charge in [0.1, 0.15) is 34.7 Å². The monoisotopic (exact) mass is 538 g/mol. The van der Waals surface area contributed by atoms with E-state index in [2.05, 4.69) is 20.5 Å². The highest BCUT2D eigenvalue weighted by atomic mass is 35.5. The number of aromatic nitrogens is 3. The van der Waals surface area contributed by atoms with Crippen molar-refractivity contribution in [1.82, 2.24) is 20.5 Å². The molecule has 3 atom stereocenters. The molecule has 1 aliphatic carbocycles. The van der Waals surface area contributed by atoms with E-state index in [1.165, 1.54) is 26.4 Å². The fourth-order valence-electron chi connectivity index (χ4n) is 5.00. The summed E-state index contributed by atoms with van der Waals surface area (Å²) in [7, 11) is 4.46. The molecular formula is C27H27ClN4O6. The van der Waals surface area contributed by atoms with E-state index in [-0.39, 0.29) is 34.4 Å². The van der Waals surface area contributed by atoms with Crippen molar-refractivity contribution >= 4 is 23.2 Å². The van der Waals surface area contributed by atoms with Gasteiger partial charge in [0.25, 0.3) is 0 Å². The number of carbonyl (C=O) groups excluding carboxylic acids is 2. The predicted octanol–water partition coefficient (Wildman–Crippen LogP) is 3.81. The van der Waals surface area contributed by atoms with Gasteiger partial charge in [0.2, 0.25) is 17.2 Å². The number of nitrogens with zero attached hydrogens (tertiary/aromatic N) is 2. The molecule has 1 aliphatic heterocycles. The number of fused-ring (bicyclic) bond motifs is 1. The van der Waals surface area contributed by atoms with Crippen LogP contribution in [-0.2, 0) is 16.1 Å². The van der Waals surface area contributed by atoms with Gasteiger partial charge in [0.15, 0.2) is 17.4 Å². The number of aromatic amines is 1. The van der Waals surface area contributed by atoms with Crippen LogP contribution in [0.1, 0.15) is 47.0 Å². The van der Waals surface area contributed by atoms with E-state index < -0.39 is 29.1 Å². The van der Waals surface area contributed by atoms with E-state index >= 15 is 0 Å².